The van der Waals surface area contributed by atoms with E-state index in [-0.39, 0.29) is 17.9 Å². The van der Waals surface area contributed by atoms with Crippen LogP contribution >= 0.6 is 0 Å². The summed E-state index contributed by atoms with van der Waals surface area (Å²) in [6.45, 7) is 3.38. The summed E-state index contributed by atoms with van der Waals surface area (Å²) in [5, 5.41) is 10.0. The Morgan fingerprint density at radius 3 is 2.54 bits per heavy atom. The maximum Gasteiger partial charge on any atom is 0.343 e. The highest BCUT2D eigenvalue weighted by Gasteiger charge is 2.33. The average molecular weight is 358 g/mol. The number of aromatic hydroxyl groups is 1. The predicted molar refractivity (Wildman–Crippen MR) is 95.7 cm³/mol. The molecule has 0 heterocycles. The summed E-state index contributed by atoms with van der Waals surface area (Å²) in [5.41, 5.74) is 3.07. The molecule has 0 fully saturated rings. The molecule has 0 aliphatic rings. The number of carbonyl (C=O) groups is 2. The van der Waals surface area contributed by atoms with E-state index in [1.807, 2.05) is 6.07 Å². The number of esters is 2. The van der Waals surface area contributed by atoms with Gasteiger partial charge in [0.15, 0.2) is 11.5 Å². The smallest absolute Gasteiger partial charge is 0.343 e. The molecule has 1 atom stereocenters. The fourth-order valence-corrected chi connectivity index (χ4v) is 2.52. The Bertz CT molecular complexity index is 821. The fourth-order valence-electron chi connectivity index (χ4n) is 2.52. The number of nitrogens with one attached hydrogen (secondary N) is 1. The Kier molecular flexibility index (Phi) is 5.97. The summed E-state index contributed by atoms with van der Waals surface area (Å²) in [4.78, 5) is 24.3. The van der Waals surface area contributed by atoms with Gasteiger partial charge in [0, 0.05) is 6.42 Å². The van der Waals surface area contributed by atoms with Crippen LogP contribution in [0.1, 0.15) is 28.4 Å². The second kappa shape index (κ2) is 7.99. The zero-order valence-electron chi connectivity index (χ0n) is 14.9. The molecule has 26 heavy (non-hydrogen) atoms. The van der Waals surface area contributed by atoms with E-state index < -0.39 is 17.5 Å². The van der Waals surface area contributed by atoms with E-state index in [1.165, 1.54) is 19.2 Å². The van der Waals surface area contributed by atoms with Crippen molar-refractivity contribution in [1.29, 1.82) is 0 Å². The zero-order chi connectivity index (χ0) is 19.3. The summed E-state index contributed by atoms with van der Waals surface area (Å²) in [5.74, 6) is 4.19. The lowest BCUT2D eigenvalue weighted by atomic mass is 9.93. The molecule has 0 amide bonds. The van der Waals surface area contributed by atoms with Gasteiger partial charge >= 0.3 is 11.9 Å². The van der Waals surface area contributed by atoms with Gasteiger partial charge in [0.25, 0.3) is 0 Å². The van der Waals surface area contributed by atoms with E-state index >= 15 is 0 Å². The third-order valence-corrected chi connectivity index (χ3v) is 4.10. The first-order chi connectivity index (χ1) is 12.3. The van der Waals surface area contributed by atoms with Gasteiger partial charge < -0.3 is 14.6 Å². The number of phenols is 1. The molecule has 0 saturated heterocycles. The number of hydrazine groups is 1. The van der Waals surface area contributed by atoms with Crippen LogP contribution in [0.4, 0.5) is 0 Å². The molecule has 0 unspecified atom stereocenters. The van der Waals surface area contributed by atoms with Crippen LogP contribution in [-0.4, -0.2) is 29.7 Å². The highest BCUT2D eigenvalue weighted by Crippen LogP contribution is 2.29. The van der Waals surface area contributed by atoms with E-state index in [0.717, 1.165) is 5.56 Å². The highest BCUT2D eigenvalue weighted by molar-refractivity contribution is 5.92. The molecule has 7 nitrogen and oxygen atoms in total. The summed E-state index contributed by atoms with van der Waals surface area (Å²) < 4.78 is 10.1. The number of ether oxygens (including phenoxy) is 2. The Balaban J connectivity index is 2.26. The molecule has 7 heteroatoms. The number of methoxy groups -OCH3 is 1. The summed E-state index contributed by atoms with van der Waals surface area (Å²) >= 11 is 0. The van der Waals surface area contributed by atoms with Gasteiger partial charge in [-0.1, -0.05) is 24.3 Å². The van der Waals surface area contributed by atoms with E-state index in [0.29, 0.717) is 11.1 Å². The number of aryl methyl sites for hydroxylation is 1. The van der Waals surface area contributed by atoms with E-state index in [9.17, 15) is 14.7 Å². The number of hydrogen-bond donors (Lipinski definition) is 3. The fraction of sp³-hybridized carbons (Fsp3) is 0.263. The van der Waals surface area contributed by atoms with Crippen LogP contribution in [0.5, 0.6) is 11.5 Å². The highest BCUT2D eigenvalue weighted by atomic mass is 16.5. The lowest BCUT2D eigenvalue weighted by Crippen LogP contribution is -2.55. The molecule has 2 aromatic carbocycles. The normalized spacial score (nSPS) is 12.9. The van der Waals surface area contributed by atoms with Crippen molar-refractivity contribution in [3.05, 3.63) is 59.2 Å². The van der Waals surface area contributed by atoms with Crippen molar-refractivity contribution in [3.8, 4) is 11.5 Å². The third-order valence-electron chi connectivity index (χ3n) is 4.10. The average Bonchev–Trinajstić information content (AvgIpc) is 2.63. The number of benzene rings is 2. The van der Waals surface area contributed by atoms with Gasteiger partial charge in [-0.05, 0) is 43.2 Å². The largest absolute Gasteiger partial charge is 0.504 e. The lowest BCUT2D eigenvalue weighted by molar-refractivity contribution is -0.147. The maximum absolute atomic E-state index is 12.4. The van der Waals surface area contributed by atoms with E-state index in [1.54, 1.807) is 38.1 Å². The molecule has 0 aliphatic heterocycles. The Labute approximate surface area is 151 Å². The van der Waals surface area contributed by atoms with Gasteiger partial charge in [0.2, 0.25) is 0 Å². The summed E-state index contributed by atoms with van der Waals surface area (Å²) in [7, 11) is 1.27. The minimum atomic E-state index is -1.16. The van der Waals surface area contributed by atoms with Crippen molar-refractivity contribution >= 4 is 11.9 Å². The zero-order valence-corrected chi connectivity index (χ0v) is 14.9. The van der Waals surface area contributed by atoms with Crippen molar-refractivity contribution in [2.24, 2.45) is 5.84 Å². The van der Waals surface area contributed by atoms with E-state index in [2.05, 4.69) is 5.43 Å². The van der Waals surface area contributed by atoms with Crippen molar-refractivity contribution in [1.82, 2.24) is 5.43 Å². The molecule has 0 aliphatic carbocycles. The standard InChI is InChI=1S/C19H22N2O5/c1-12-6-4-5-7-14(12)17(23)26-16-10-13(8-9-15(16)22)11-19(2,21-20)18(24)25-3/h4-10,21-22H,11,20H2,1-3H3/t19-/m0/s1. The van der Waals surface area contributed by atoms with Crippen LogP contribution in [0.25, 0.3) is 0 Å². The van der Waals surface area contributed by atoms with Crippen LogP contribution in [0.3, 0.4) is 0 Å². The molecule has 0 saturated carbocycles. The maximum atomic E-state index is 12.4. The minimum Gasteiger partial charge on any atom is -0.504 e. The van der Waals surface area contributed by atoms with Crippen LogP contribution < -0.4 is 16.0 Å². The topological polar surface area (TPSA) is 111 Å². The Morgan fingerprint density at radius 1 is 1.23 bits per heavy atom. The number of phenolic OH excluding ortho intramolecular Hbond substituents is 1. The van der Waals surface area contributed by atoms with Gasteiger partial charge in [-0.2, -0.15) is 0 Å². The summed E-state index contributed by atoms with van der Waals surface area (Å²) in [6, 6.07) is 11.5. The quantitative estimate of drug-likeness (QED) is 0.313. The van der Waals surface area contributed by atoms with Crippen molar-refractivity contribution < 1.29 is 24.2 Å². The monoisotopic (exact) mass is 358 g/mol. The van der Waals surface area contributed by atoms with Gasteiger partial charge in [0.1, 0.15) is 5.54 Å². The molecule has 0 aromatic heterocycles. The van der Waals surface area contributed by atoms with Crippen LogP contribution in [-0.2, 0) is 16.0 Å². The van der Waals surface area contributed by atoms with Crippen molar-refractivity contribution in [2.45, 2.75) is 25.8 Å². The minimum absolute atomic E-state index is 0.00000898. The van der Waals surface area contributed by atoms with Gasteiger partial charge in [0.05, 0.1) is 12.7 Å². The van der Waals surface area contributed by atoms with Crippen LogP contribution in [0.15, 0.2) is 42.5 Å². The lowest BCUT2D eigenvalue weighted by Gasteiger charge is -2.25. The number of carbonyl (C=O) groups excluding carboxylic acids is 2. The molecule has 0 spiro atoms. The molecular formula is C19H22N2O5. The molecule has 4 N–H and O–H groups in total. The predicted octanol–water partition coefficient (Wildman–Crippen LogP) is 1.86. The molecule has 0 bridgehead atoms. The number of hydrogen-bond acceptors (Lipinski definition) is 7. The van der Waals surface area contributed by atoms with Crippen molar-refractivity contribution in [2.75, 3.05) is 7.11 Å². The molecular weight excluding hydrogens is 336 g/mol. The molecule has 2 rings (SSSR count). The van der Waals surface area contributed by atoms with Crippen molar-refractivity contribution in [3.63, 3.8) is 0 Å². The summed E-state index contributed by atoms with van der Waals surface area (Å²) in [6.07, 6.45) is 0.172. The first kappa shape index (κ1) is 19.4. The van der Waals surface area contributed by atoms with Crippen LogP contribution in [0, 0.1) is 6.92 Å². The second-order valence-corrected chi connectivity index (χ2v) is 6.15. The first-order valence-corrected chi connectivity index (χ1v) is 7.96. The van der Waals surface area contributed by atoms with Gasteiger partial charge in [-0.3, -0.25) is 10.6 Å². The molecule has 0 radical (unpaired) electrons. The number of rotatable bonds is 6. The first-order valence-electron chi connectivity index (χ1n) is 7.96. The third kappa shape index (κ3) is 4.19. The second-order valence-electron chi connectivity index (χ2n) is 6.15. The molecule has 138 valence electrons. The van der Waals surface area contributed by atoms with Gasteiger partial charge in [-0.25, -0.2) is 10.2 Å². The van der Waals surface area contributed by atoms with Gasteiger partial charge in [-0.15, -0.1) is 0 Å². The SMILES string of the molecule is COC(=O)[C@](C)(Cc1ccc(O)c(OC(=O)c2ccccc2C)c1)NN. The van der Waals surface area contributed by atoms with Crippen LogP contribution in [0.2, 0.25) is 0 Å². The Morgan fingerprint density at radius 2 is 1.92 bits per heavy atom. The number of nitrogens with two attached hydrogens (primary N) is 1. The Hall–Kier alpha value is -2.90. The molecule has 2 aromatic rings. The van der Waals surface area contributed by atoms with E-state index in [4.69, 9.17) is 15.3 Å².